The van der Waals surface area contributed by atoms with Crippen molar-refractivity contribution in [3.05, 3.63) is 55.5 Å². The minimum Gasteiger partial charge on any atom is -0.475 e. The van der Waals surface area contributed by atoms with E-state index in [2.05, 4.69) is 4.98 Å². The van der Waals surface area contributed by atoms with Gasteiger partial charge in [0.2, 0.25) is 11.6 Å². The zero-order valence-corrected chi connectivity index (χ0v) is 11.5. The molecule has 1 heterocycles. The number of hydrogen-bond acceptors (Lipinski definition) is 6. The van der Waals surface area contributed by atoms with Gasteiger partial charge in [-0.1, -0.05) is 17.7 Å². The van der Waals surface area contributed by atoms with E-state index in [0.717, 1.165) is 6.20 Å². The van der Waals surface area contributed by atoms with Crippen molar-refractivity contribution in [2.75, 3.05) is 0 Å². The summed E-state index contributed by atoms with van der Waals surface area (Å²) < 4.78 is 6.53. The molecule has 0 saturated carbocycles. The van der Waals surface area contributed by atoms with Gasteiger partial charge in [-0.05, 0) is 11.0 Å². The third-order valence-electron chi connectivity index (χ3n) is 2.74. The van der Waals surface area contributed by atoms with Gasteiger partial charge in [0, 0.05) is 6.07 Å². The van der Waals surface area contributed by atoms with Gasteiger partial charge in [0.1, 0.15) is 6.20 Å². The van der Waals surface area contributed by atoms with Crippen molar-refractivity contribution >= 4 is 23.1 Å². The van der Waals surface area contributed by atoms with Crippen LogP contribution in [0.3, 0.4) is 0 Å². The maximum absolute atomic E-state index is 10.9. The predicted octanol–water partition coefficient (Wildman–Crippen LogP) is 2.47. The fraction of sp³-hybridized carbons (Fsp3) is 0.182. The Hall–Kier alpha value is -2.68. The van der Waals surface area contributed by atoms with Gasteiger partial charge in [-0.3, -0.25) is 10.1 Å². The van der Waals surface area contributed by atoms with Crippen LogP contribution in [-0.4, -0.2) is 19.4 Å². The highest BCUT2D eigenvalue weighted by atomic mass is 35.5. The van der Waals surface area contributed by atoms with E-state index in [4.69, 9.17) is 16.3 Å². The van der Waals surface area contributed by atoms with Crippen LogP contribution in [0, 0.1) is 20.2 Å². The highest BCUT2D eigenvalue weighted by Crippen LogP contribution is 2.34. The molecule has 1 aromatic heterocycles. The first-order valence-corrected chi connectivity index (χ1v) is 6.00. The Balaban J connectivity index is 2.25. The Labute approximate surface area is 123 Å². The average molecular weight is 313 g/mol. The number of ether oxygens (including phenoxy) is 1. The molecule has 2 aromatic rings. The van der Waals surface area contributed by atoms with Gasteiger partial charge >= 0.3 is 11.5 Å². The van der Waals surface area contributed by atoms with E-state index in [1.807, 2.05) is 0 Å². The average Bonchev–Trinajstić information content (AvgIpc) is 2.78. The molecule has 21 heavy (non-hydrogen) atoms. The molecule has 0 N–H and O–H groups in total. The van der Waals surface area contributed by atoms with Crippen LogP contribution in [-0.2, 0) is 13.7 Å². The van der Waals surface area contributed by atoms with Crippen molar-refractivity contribution < 1.29 is 14.6 Å². The van der Waals surface area contributed by atoms with Gasteiger partial charge < -0.3 is 14.9 Å². The Kier molecular flexibility index (Phi) is 4.03. The van der Waals surface area contributed by atoms with Crippen molar-refractivity contribution in [3.8, 4) is 5.75 Å². The van der Waals surface area contributed by atoms with Crippen LogP contribution < -0.4 is 4.74 Å². The van der Waals surface area contributed by atoms with Gasteiger partial charge in [-0.2, -0.15) is 0 Å². The summed E-state index contributed by atoms with van der Waals surface area (Å²) in [5, 5.41) is 21.7. The van der Waals surface area contributed by atoms with Crippen LogP contribution in [0.1, 0.15) is 5.82 Å². The second-order valence-electron chi connectivity index (χ2n) is 3.98. The summed E-state index contributed by atoms with van der Waals surface area (Å²) in [7, 11) is 1.45. The lowest BCUT2D eigenvalue weighted by molar-refractivity contribution is -0.391. The largest absolute Gasteiger partial charge is 0.475 e. The van der Waals surface area contributed by atoms with Gasteiger partial charge in [0.15, 0.2) is 6.61 Å². The maximum atomic E-state index is 10.9. The fourth-order valence-corrected chi connectivity index (χ4v) is 1.89. The second kappa shape index (κ2) is 5.75. The molecule has 10 heteroatoms. The van der Waals surface area contributed by atoms with Crippen LogP contribution in [0.2, 0.25) is 5.02 Å². The molecule has 9 nitrogen and oxygen atoms in total. The number of para-hydroxylation sites is 1. The van der Waals surface area contributed by atoms with E-state index in [1.54, 1.807) is 0 Å². The smallest absolute Gasteiger partial charge is 0.342 e. The van der Waals surface area contributed by atoms with E-state index in [9.17, 15) is 20.2 Å². The zero-order valence-electron chi connectivity index (χ0n) is 10.7. The summed E-state index contributed by atoms with van der Waals surface area (Å²) in [5.74, 6) is -0.0620. The molecular weight excluding hydrogens is 304 g/mol. The molecule has 0 unspecified atom stereocenters. The first-order chi connectivity index (χ1) is 9.91. The highest BCUT2D eigenvalue weighted by molar-refractivity contribution is 6.32. The van der Waals surface area contributed by atoms with Crippen molar-refractivity contribution in [1.29, 1.82) is 0 Å². The number of nitro benzene ring substituents is 1. The number of halogens is 1. The van der Waals surface area contributed by atoms with Crippen LogP contribution in [0.15, 0.2) is 24.4 Å². The number of rotatable bonds is 5. The Morgan fingerprint density at radius 1 is 1.33 bits per heavy atom. The number of benzene rings is 1. The number of nitro groups is 2. The van der Waals surface area contributed by atoms with Crippen molar-refractivity contribution in [1.82, 2.24) is 9.55 Å². The molecule has 2 rings (SSSR count). The molecule has 0 spiro atoms. The Morgan fingerprint density at radius 3 is 2.62 bits per heavy atom. The Bertz CT molecular complexity index is 715. The summed E-state index contributed by atoms with van der Waals surface area (Å²) in [4.78, 5) is 24.2. The first-order valence-electron chi connectivity index (χ1n) is 5.62. The van der Waals surface area contributed by atoms with E-state index >= 15 is 0 Å². The molecule has 0 radical (unpaired) electrons. The van der Waals surface area contributed by atoms with Crippen molar-refractivity contribution in [3.63, 3.8) is 0 Å². The Morgan fingerprint density at radius 2 is 2.05 bits per heavy atom. The molecule has 0 aliphatic rings. The van der Waals surface area contributed by atoms with Gasteiger partial charge in [-0.25, -0.2) is 9.55 Å². The summed E-state index contributed by atoms with van der Waals surface area (Å²) >= 11 is 5.87. The van der Waals surface area contributed by atoms with E-state index < -0.39 is 9.85 Å². The van der Waals surface area contributed by atoms with Crippen molar-refractivity contribution in [2.45, 2.75) is 6.61 Å². The number of nitrogens with zero attached hydrogens (tertiary/aromatic N) is 4. The summed E-state index contributed by atoms with van der Waals surface area (Å²) in [6, 6.07) is 4.13. The molecule has 110 valence electrons. The molecular formula is C11H9ClN4O5. The third kappa shape index (κ3) is 2.92. The summed E-state index contributed by atoms with van der Waals surface area (Å²) in [6.45, 7) is -0.186. The molecule has 0 atom stereocenters. The zero-order chi connectivity index (χ0) is 15.6. The monoisotopic (exact) mass is 312 g/mol. The fourth-order valence-electron chi connectivity index (χ4n) is 1.66. The van der Waals surface area contributed by atoms with Gasteiger partial charge in [0.25, 0.3) is 0 Å². The predicted molar refractivity (Wildman–Crippen MR) is 72.3 cm³/mol. The molecule has 1 aromatic carbocycles. The lowest BCUT2D eigenvalue weighted by atomic mass is 10.3. The molecule has 0 fully saturated rings. The van der Waals surface area contributed by atoms with Crippen LogP contribution in [0.5, 0.6) is 5.75 Å². The molecule has 0 amide bonds. The normalized spacial score (nSPS) is 10.4. The topological polar surface area (TPSA) is 113 Å². The van der Waals surface area contributed by atoms with Crippen LogP contribution in [0.4, 0.5) is 11.5 Å². The number of aromatic nitrogens is 2. The second-order valence-corrected chi connectivity index (χ2v) is 4.39. The third-order valence-corrected chi connectivity index (χ3v) is 3.03. The standard InChI is InChI=1S/C11H9ClN4O5/c1-14-9(13-5-10(14)16(19)20)6-21-11-7(12)3-2-4-8(11)15(17)18/h2-5H,6H2,1H3. The van der Waals surface area contributed by atoms with E-state index in [1.165, 1.54) is 29.8 Å². The highest BCUT2D eigenvalue weighted by Gasteiger charge is 2.21. The lowest BCUT2D eigenvalue weighted by Gasteiger charge is -2.06. The van der Waals surface area contributed by atoms with E-state index in [0.29, 0.717) is 0 Å². The summed E-state index contributed by atoms with van der Waals surface area (Å²) in [6.07, 6.45) is 1.08. The number of imidazole rings is 1. The quantitative estimate of drug-likeness (QED) is 0.619. The minimum atomic E-state index is -0.623. The molecule has 0 bridgehead atoms. The SMILES string of the molecule is Cn1c([N+](=O)[O-])cnc1COc1c(Cl)cccc1[N+](=O)[O-]. The first kappa shape index (κ1) is 14.7. The lowest BCUT2D eigenvalue weighted by Crippen LogP contribution is -2.06. The van der Waals surface area contributed by atoms with Gasteiger partial charge in [0.05, 0.1) is 17.0 Å². The number of hydrogen-bond donors (Lipinski definition) is 0. The van der Waals surface area contributed by atoms with Gasteiger partial charge in [-0.15, -0.1) is 0 Å². The maximum Gasteiger partial charge on any atom is 0.342 e. The summed E-state index contributed by atoms with van der Waals surface area (Å²) in [5.41, 5.74) is -0.286. The van der Waals surface area contributed by atoms with Crippen molar-refractivity contribution in [2.24, 2.45) is 7.05 Å². The molecule has 0 aliphatic heterocycles. The molecule has 0 saturated heterocycles. The van der Waals surface area contributed by atoms with Crippen LogP contribution >= 0.6 is 11.6 Å². The van der Waals surface area contributed by atoms with Crippen LogP contribution in [0.25, 0.3) is 0 Å². The minimum absolute atomic E-state index is 0.0768. The van der Waals surface area contributed by atoms with E-state index in [-0.39, 0.29) is 34.7 Å². The molecule has 0 aliphatic carbocycles.